The van der Waals surface area contributed by atoms with Crippen molar-refractivity contribution in [1.82, 2.24) is 16.0 Å². The lowest BCUT2D eigenvalue weighted by Gasteiger charge is -2.26. The number of nitrogens with two attached hydrogens (primary N) is 1. The van der Waals surface area contributed by atoms with Crippen molar-refractivity contribution in [2.24, 2.45) is 5.73 Å². The van der Waals surface area contributed by atoms with Gasteiger partial charge in [0.15, 0.2) is 6.04 Å². The van der Waals surface area contributed by atoms with Crippen molar-refractivity contribution in [3.8, 4) is 0 Å². The van der Waals surface area contributed by atoms with Crippen molar-refractivity contribution in [3.05, 3.63) is 0 Å². The molecular weight excluding hydrogens is 276 g/mol. The van der Waals surface area contributed by atoms with Gasteiger partial charge in [0, 0.05) is 6.04 Å². The van der Waals surface area contributed by atoms with Crippen LogP contribution in [0.3, 0.4) is 0 Å². The van der Waals surface area contributed by atoms with Crippen LogP contribution in [0.25, 0.3) is 0 Å². The van der Waals surface area contributed by atoms with Gasteiger partial charge in [0.25, 0.3) is 5.91 Å². The molecule has 8 nitrogen and oxygen atoms in total. The van der Waals surface area contributed by atoms with Gasteiger partial charge in [0.2, 0.25) is 5.91 Å². The van der Waals surface area contributed by atoms with Crippen LogP contribution in [0.4, 0.5) is 4.79 Å². The molecule has 1 aliphatic heterocycles. The molecule has 3 amide bonds. The molecule has 5 N–H and O–H groups in total. The molecule has 0 spiro atoms. The van der Waals surface area contributed by atoms with Gasteiger partial charge in [-0.15, -0.1) is 0 Å². The zero-order valence-corrected chi connectivity index (χ0v) is 12.7. The standard InChI is InChI=1S/C13H24N4O4/c1-13(2,3)21-12(20)17-9(10(14)18)11(19)16-8-4-6-15-7-5-8/h8-9,15H,4-7H2,1-3H3,(H2,14,18)(H,16,19)(H,17,20)/t9-/m1/s1. The maximum absolute atomic E-state index is 12.1. The van der Waals surface area contributed by atoms with Crippen molar-refractivity contribution in [2.75, 3.05) is 13.1 Å². The van der Waals surface area contributed by atoms with E-state index in [1.54, 1.807) is 20.8 Å². The largest absolute Gasteiger partial charge is 0.444 e. The first-order valence-electron chi connectivity index (χ1n) is 6.99. The van der Waals surface area contributed by atoms with E-state index in [1.807, 2.05) is 0 Å². The second-order valence-corrected chi connectivity index (χ2v) is 6.01. The summed E-state index contributed by atoms with van der Waals surface area (Å²) in [5.74, 6) is -1.53. The molecular formula is C13H24N4O4. The van der Waals surface area contributed by atoms with Crippen LogP contribution in [0.2, 0.25) is 0 Å². The Morgan fingerprint density at radius 3 is 2.29 bits per heavy atom. The zero-order chi connectivity index (χ0) is 16.0. The lowest BCUT2D eigenvalue weighted by atomic mass is 10.1. The highest BCUT2D eigenvalue weighted by molar-refractivity contribution is 6.05. The Balaban J connectivity index is 2.57. The number of nitrogens with one attached hydrogen (secondary N) is 3. The molecule has 0 aromatic heterocycles. The van der Waals surface area contributed by atoms with Crippen LogP contribution in [-0.2, 0) is 14.3 Å². The zero-order valence-electron chi connectivity index (χ0n) is 12.7. The molecule has 120 valence electrons. The Morgan fingerprint density at radius 2 is 1.81 bits per heavy atom. The van der Waals surface area contributed by atoms with E-state index < -0.39 is 29.6 Å². The Kier molecular flexibility index (Phi) is 5.95. The summed E-state index contributed by atoms with van der Waals surface area (Å²) < 4.78 is 5.01. The minimum Gasteiger partial charge on any atom is -0.444 e. The maximum atomic E-state index is 12.1. The number of rotatable bonds is 4. The first kappa shape index (κ1) is 17.2. The Morgan fingerprint density at radius 1 is 1.24 bits per heavy atom. The smallest absolute Gasteiger partial charge is 0.408 e. The number of amides is 3. The SMILES string of the molecule is CC(C)(C)OC(=O)N[C@H](C(N)=O)C(=O)NC1CCNCC1. The van der Waals surface area contributed by atoms with Gasteiger partial charge in [-0.1, -0.05) is 0 Å². The quantitative estimate of drug-likeness (QED) is 0.508. The number of hydrogen-bond acceptors (Lipinski definition) is 5. The van der Waals surface area contributed by atoms with Crippen molar-refractivity contribution in [2.45, 2.75) is 51.3 Å². The van der Waals surface area contributed by atoms with Crippen LogP contribution < -0.4 is 21.7 Å². The summed E-state index contributed by atoms with van der Waals surface area (Å²) >= 11 is 0. The van der Waals surface area contributed by atoms with Gasteiger partial charge in [0.1, 0.15) is 5.60 Å². The van der Waals surface area contributed by atoms with E-state index in [9.17, 15) is 14.4 Å². The van der Waals surface area contributed by atoms with Crippen LogP contribution in [0, 0.1) is 0 Å². The lowest BCUT2D eigenvalue weighted by Crippen LogP contribution is -2.57. The molecule has 0 aromatic rings. The Bertz CT molecular complexity index is 399. The number of hydrogen-bond donors (Lipinski definition) is 4. The highest BCUT2D eigenvalue weighted by Gasteiger charge is 2.30. The van der Waals surface area contributed by atoms with Gasteiger partial charge in [-0.25, -0.2) is 4.79 Å². The summed E-state index contributed by atoms with van der Waals surface area (Å²) in [6, 6.07) is -1.46. The first-order chi connectivity index (χ1) is 9.69. The third kappa shape index (κ3) is 6.44. The monoisotopic (exact) mass is 300 g/mol. The fourth-order valence-electron chi connectivity index (χ4n) is 1.94. The van der Waals surface area contributed by atoms with Crippen molar-refractivity contribution in [1.29, 1.82) is 0 Å². The van der Waals surface area contributed by atoms with Crippen molar-refractivity contribution >= 4 is 17.9 Å². The van der Waals surface area contributed by atoms with E-state index in [2.05, 4.69) is 16.0 Å². The van der Waals surface area contributed by atoms with Gasteiger partial charge in [-0.3, -0.25) is 9.59 Å². The normalized spacial score (nSPS) is 17.7. The van der Waals surface area contributed by atoms with Gasteiger partial charge in [0.05, 0.1) is 0 Å². The average Bonchev–Trinajstić information content (AvgIpc) is 2.34. The van der Waals surface area contributed by atoms with Crippen LogP contribution in [0.15, 0.2) is 0 Å². The average molecular weight is 300 g/mol. The predicted molar refractivity (Wildman–Crippen MR) is 76.4 cm³/mol. The van der Waals surface area contributed by atoms with E-state index in [0.29, 0.717) is 0 Å². The molecule has 0 bridgehead atoms. The molecule has 0 aromatic carbocycles. The summed E-state index contributed by atoms with van der Waals surface area (Å²) in [5.41, 5.74) is 4.45. The first-order valence-corrected chi connectivity index (χ1v) is 6.99. The fraction of sp³-hybridized carbons (Fsp3) is 0.769. The van der Waals surface area contributed by atoms with Gasteiger partial charge in [-0.2, -0.15) is 0 Å². The molecule has 1 aliphatic rings. The summed E-state index contributed by atoms with van der Waals surface area (Å²) in [6.07, 6.45) is 0.680. The van der Waals surface area contributed by atoms with Gasteiger partial charge >= 0.3 is 6.09 Å². The third-order valence-electron chi connectivity index (χ3n) is 2.89. The predicted octanol–water partition coefficient (Wildman–Crippen LogP) is -0.767. The molecule has 21 heavy (non-hydrogen) atoms. The van der Waals surface area contributed by atoms with E-state index in [4.69, 9.17) is 10.5 Å². The topological polar surface area (TPSA) is 123 Å². The summed E-state index contributed by atoms with van der Waals surface area (Å²) in [7, 11) is 0. The number of primary amides is 1. The van der Waals surface area contributed by atoms with Crippen LogP contribution >= 0.6 is 0 Å². The van der Waals surface area contributed by atoms with Crippen LogP contribution in [0.1, 0.15) is 33.6 Å². The van der Waals surface area contributed by atoms with E-state index in [-0.39, 0.29) is 6.04 Å². The summed E-state index contributed by atoms with van der Waals surface area (Å²) in [6.45, 7) is 6.64. The summed E-state index contributed by atoms with van der Waals surface area (Å²) in [5, 5.41) is 8.08. The molecule has 0 aliphatic carbocycles. The van der Waals surface area contributed by atoms with Crippen molar-refractivity contribution in [3.63, 3.8) is 0 Å². The van der Waals surface area contributed by atoms with E-state index >= 15 is 0 Å². The van der Waals surface area contributed by atoms with Crippen LogP contribution in [0.5, 0.6) is 0 Å². The third-order valence-corrected chi connectivity index (χ3v) is 2.89. The highest BCUT2D eigenvalue weighted by atomic mass is 16.6. The molecule has 8 heteroatoms. The number of piperidine rings is 1. The Labute approximate surface area is 124 Å². The number of alkyl carbamates (subject to hydrolysis) is 1. The molecule has 0 saturated carbocycles. The number of carbonyl (C=O) groups is 3. The molecule has 1 saturated heterocycles. The Hall–Kier alpha value is -1.83. The van der Waals surface area contributed by atoms with E-state index in [1.165, 1.54) is 0 Å². The number of ether oxygens (including phenoxy) is 1. The molecule has 1 atom stereocenters. The van der Waals surface area contributed by atoms with Gasteiger partial charge in [-0.05, 0) is 46.7 Å². The maximum Gasteiger partial charge on any atom is 0.408 e. The van der Waals surface area contributed by atoms with Gasteiger partial charge < -0.3 is 26.4 Å². The molecule has 0 unspecified atom stereocenters. The van der Waals surface area contributed by atoms with Crippen molar-refractivity contribution < 1.29 is 19.1 Å². The highest BCUT2D eigenvalue weighted by Crippen LogP contribution is 2.07. The summed E-state index contributed by atoms with van der Waals surface area (Å²) in [4.78, 5) is 35.1. The van der Waals surface area contributed by atoms with E-state index in [0.717, 1.165) is 25.9 Å². The minimum absolute atomic E-state index is 0.0268. The molecule has 1 heterocycles. The minimum atomic E-state index is -1.44. The molecule has 0 radical (unpaired) electrons. The van der Waals surface area contributed by atoms with Crippen LogP contribution in [-0.4, -0.2) is 48.7 Å². The number of carbonyl (C=O) groups excluding carboxylic acids is 3. The fourth-order valence-corrected chi connectivity index (χ4v) is 1.94. The second kappa shape index (κ2) is 7.26. The molecule has 1 rings (SSSR count). The second-order valence-electron chi connectivity index (χ2n) is 6.01. The molecule has 1 fully saturated rings. The lowest BCUT2D eigenvalue weighted by molar-refractivity contribution is -0.131.